The van der Waals surface area contributed by atoms with Crippen molar-refractivity contribution in [2.24, 2.45) is 0 Å². The zero-order valence-electron chi connectivity index (χ0n) is 5.22. The van der Waals surface area contributed by atoms with Crippen LogP contribution in [0.1, 0.15) is 13.3 Å². The van der Waals surface area contributed by atoms with Crippen LogP contribution in [0.5, 0.6) is 0 Å². The summed E-state index contributed by atoms with van der Waals surface area (Å²) < 4.78 is 5.03. The Morgan fingerprint density at radius 2 is 2.50 bits per heavy atom. The number of epoxide rings is 1. The molecule has 1 aliphatic heterocycles. The van der Waals surface area contributed by atoms with Crippen LogP contribution >= 0.6 is 11.8 Å². The molecule has 0 aliphatic carbocycles. The molecule has 0 aromatic heterocycles. The first-order chi connectivity index (χ1) is 3.93. The molecule has 0 amide bonds. The van der Waals surface area contributed by atoms with Gasteiger partial charge in [0.1, 0.15) is 0 Å². The first-order valence-electron chi connectivity index (χ1n) is 3.13. The second-order valence-corrected chi connectivity index (χ2v) is 3.18. The van der Waals surface area contributed by atoms with Crippen molar-refractivity contribution < 1.29 is 4.74 Å². The summed E-state index contributed by atoms with van der Waals surface area (Å²) in [5, 5.41) is 0. The Hall–Kier alpha value is 0.310. The Balaban J connectivity index is 1.74. The van der Waals surface area contributed by atoms with Gasteiger partial charge < -0.3 is 4.74 Å². The van der Waals surface area contributed by atoms with Gasteiger partial charge in [-0.2, -0.15) is 11.8 Å². The first kappa shape index (κ1) is 6.43. The lowest BCUT2D eigenvalue weighted by atomic mass is 10.6. The zero-order chi connectivity index (χ0) is 5.82. The van der Waals surface area contributed by atoms with Crippen LogP contribution in [0.15, 0.2) is 0 Å². The summed E-state index contributed by atoms with van der Waals surface area (Å²) in [5.74, 6) is 2.51. The molecule has 1 saturated heterocycles. The van der Waals surface area contributed by atoms with Gasteiger partial charge in [-0.1, -0.05) is 6.92 Å². The lowest BCUT2D eigenvalue weighted by molar-refractivity contribution is 0.426. The number of hydrogen-bond donors (Lipinski definition) is 0. The zero-order valence-corrected chi connectivity index (χ0v) is 6.04. The van der Waals surface area contributed by atoms with Crippen molar-refractivity contribution in [3.63, 3.8) is 0 Å². The second-order valence-electron chi connectivity index (χ2n) is 2.03. The van der Waals surface area contributed by atoms with Gasteiger partial charge in [0.25, 0.3) is 0 Å². The predicted octanol–water partition coefficient (Wildman–Crippen LogP) is 1.53. The Bertz CT molecular complexity index is 61.5. The van der Waals surface area contributed by atoms with Crippen molar-refractivity contribution in [1.29, 1.82) is 0 Å². The highest BCUT2D eigenvalue weighted by molar-refractivity contribution is 7.99. The number of hydrogen-bond acceptors (Lipinski definition) is 2. The van der Waals surface area contributed by atoms with Gasteiger partial charge in [0.05, 0.1) is 12.7 Å². The SMILES string of the molecule is CCCSCC1CO1. The molecule has 8 heavy (non-hydrogen) atoms. The molecule has 48 valence electrons. The van der Waals surface area contributed by atoms with Crippen LogP contribution in [0.25, 0.3) is 0 Å². The standard InChI is InChI=1S/C6H12OS/c1-2-3-8-5-6-4-7-6/h6H,2-5H2,1H3. The molecule has 1 aliphatic rings. The first-order valence-corrected chi connectivity index (χ1v) is 4.28. The van der Waals surface area contributed by atoms with E-state index in [9.17, 15) is 0 Å². The summed E-state index contributed by atoms with van der Waals surface area (Å²) in [6.07, 6.45) is 1.91. The number of thioether (sulfide) groups is 1. The summed E-state index contributed by atoms with van der Waals surface area (Å²) in [6.45, 7) is 3.22. The van der Waals surface area contributed by atoms with E-state index in [0.29, 0.717) is 6.10 Å². The largest absolute Gasteiger partial charge is 0.372 e. The average molecular weight is 132 g/mol. The molecule has 1 fully saturated rings. The molecule has 0 aromatic rings. The van der Waals surface area contributed by atoms with E-state index in [1.807, 2.05) is 11.8 Å². The maximum Gasteiger partial charge on any atom is 0.0900 e. The molecule has 0 radical (unpaired) electrons. The van der Waals surface area contributed by atoms with Gasteiger partial charge in [0, 0.05) is 5.75 Å². The number of rotatable bonds is 4. The summed E-state index contributed by atoms with van der Waals surface area (Å²) in [4.78, 5) is 0. The second kappa shape index (κ2) is 3.36. The number of ether oxygens (including phenoxy) is 1. The highest BCUT2D eigenvalue weighted by atomic mass is 32.2. The fourth-order valence-corrected chi connectivity index (χ4v) is 1.43. The third-order valence-electron chi connectivity index (χ3n) is 1.05. The summed E-state index contributed by atoms with van der Waals surface area (Å²) in [7, 11) is 0. The molecule has 0 saturated carbocycles. The third kappa shape index (κ3) is 2.58. The van der Waals surface area contributed by atoms with E-state index in [-0.39, 0.29) is 0 Å². The van der Waals surface area contributed by atoms with E-state index < -0.39 is 0 Å². The molecule has 1 heterocycles. The van der Waals surface area contributed by atoms with Crippen molar-refractivity contribution in [3.05, 3.63) is 0 Å². The van der Waals surface area contributed by atoms with Crippen molar-refractivity contribution in [3.8, 4) is 0 Å². The van der Waals surface area contributed by atoms with Gasteiger partial charge in [0.2, 0.25) is 0 Å². The predicted molar refractivity (Wildman–Crippen MR) is 37.4 cm³/mol. The molecule has 1 atom stereocenters. The maximum absolute atomic E-state index is 5.03. The maximum atomic E-state index is 5.03. The van der Waals surface area contributed by atoms with Crippen LogP contribution in [-0.4, -0.2) is 24.2 Å². The van der Waals surface area contributed by atoms with E-state index in [0.717, 1.165) is 6.61 Å². The molecule has 2 heteroatoms. The summed E-state index contributed by atoms with van der Waals surface area (Å²) >= 11 is 2.00. The van der Waals surface area contributed by atoms with Crippen LogP contribution in [-0.2, 0) is 4.74 Å². The molecule has 1 unspecified atom stereocenters. The van der Waals surface area contributed by atoms with E-state index in [1.165, 1.54) is 17.9 Å². The van der Waals surface area contributed by atoms with E-state index >= 15 is 0 Å². The van der Waals surface area contributed by atoms with E-state index in [1.54, 1.807) is 0 Å². The van der Waals surface area contributed by atoms with Crippen LogP contribution in [0.2, 0.25) is 0 Å². The molecule has 0 spiro atoms. The van der Waals surface area contributed by atoms with Crippen molar-refractivity contribution in [1.82, 2.24) is 0 Å². The van der Waals surface area contributed by atoms with Crippen LogP contribution in [0.4, 0.5) is 0 Å². The van der Waals surface area contributed by atoms with Gasteiger partial charge in [0.15, 0.2) is 0 Å². The minimum atomic E-state index is 0.617. The molecule has 1 nitrogen and oxygen atoms in total. The average Bonchev–Trinajstić information content (AvgIpc) is 2.51. The molecular formula is C6H12OS. The highest BCUT2D eigenvalue weighted by Crippen LogP contribution is 2.15. The Morgan fingerprint density at radius 1 is 1.75 bits per heavy atom. The summed E-state index contributed by atoms with van der Waals surface area (Å²) in [6, 6.07) is 0. The Labute approximate surface area is 54.8 Å². The van der Waals surface area contributed by atoms with Crippen molar-refractivity contribution in [2.45, 2.75) is 19.4 Å². The molecule has 0 aromatic carbocycles. The topological polar surface area (TPSA) is 12.5 Å². The van der Waals surface area contributed by atoms with Gasteiger partial charge in [-0.05, 0) is 12.2 Å². The monoisotopic (exact) mass is 132 g/mol. The van der Waals surface area contributed by atoms with Gasteiger partial charge in [-0.25, -0.2) is 0 Å². The van der Waals surface area contributed by atoms with Crippen LogP contribution in [0, 0.1) is 0 Å². The minimum absolute atomic E-state index is 0.617. The fraction of sp³-hybridized carbons (Fsp3) is 1.00. The lowest BCUT2D eigenvalue weighted by Crippen LogP contribution is -1.89. The highest BCUT2D eigenvalue weighted by Gasteiger charge is 2.21. The quantitative estimate of drug-likeness (QED) is 0.425. The van der Waals surface area contributed by atoms with Crippen LogP contribution in [0.3, 0.4) is 0 Å². The smallest absolute Gasteiger partial charge is 0.0900 e. The van der Waals surface area contributed by atoms with E-state index in [2.05, 4.69) is 6.92 Å². The van der Waals surface area contributed by atoms with Gasteiger partial charge >= 0.3 is 0 Å². The normalized spacial score (nSPS) is 25.9. The molecule has 1 rings (SSSR count). The fourth-order valence-electron chi connectivity index (χ4n) is 0.523. The Kier molecular flexibility index (Phi) is 2.70. The third-order valence-corrected chi connectivity index (χ3v) is 2.36. The van der Waals surface area contributed by atoms with Crippen molar-refractivity contribution in [2.75, 3.05) is 18.1 Å². The minimum Gasteiger partial charge on any atom is -0.372 e. The van der Waals surface area contributed by atoms with Gasteiger partial charge in [-0.15, -0.1) is 0 Å². The lowest BCUT2D eigenvalue weighted by Gasteiger charge is -1.91. The summed E-state index contributed by atoms with van der Waals surface area (Å²) in [5.41, 5.74) is 0. The van der Waals surface area contributed by atoms with E-state index in [4.69, 9.17) is 4.74 Å². The molecular weight excluding hydrogens is 120 g/mol. The molecule has 0 N–H and O–H groups in total. The van der Waals surface area contributed by atoms with Crippen molar-refractivity contribution >= 4 is 11.8 Å². The van der Waals surface area contributed by atoms with Crippen LogP contribution < -0.4 is 0 Å². The van der Waals surface area contributed by atoms with Gasteiger partial charge in [-0.3, -0.25) is 0 Å². The molecule has 0 bridgehead atoms. The Morgan fingerprint density at radius 3 is 3.00 bits per heavy atom.